The number of amides is 2. The quantitative estimate of drug-likeness (QED) is 0.633. The summed E-state index contributed by atoms with van der Waals surface area (Å²) in [6.45, 7) is 8.11. The SMILES string of the molecule is CCN(CC)CCOc1cc(NC(=O)[C@H]2CC(=O)N(C3CCCC3)C2)ccc1OC. The molecule has 1 saturated carbocycles. The molecule has 30 heavy (non-hydrogen) atoms. The number of likely N-dealkylation sites (tertiary alicyclic amines) is 1. The molecule has 0 bridgehead atoms. The Kier molecular flexibility index (Phi) is 7.96. The number of rotatable bonds is 10. The Morgan fingerprint density at radius 3 is 2.60 bits per heavy atom. The van der Waals surface area contributed by atoms with Crippen molar-refractivity contribution < 1.29 is 19.1 Å². The number of ether oxygens (including phenoxy) is 2. The maximum absolute atomic E-state index is 12.8. The number of carbonyl (C=O) groups excluding carboxylic acids is 2. The van der Waals surface area contributed by atoms with Crippen LogP contribution in [0.2, 0.25) is 0 Å². The summed E-state index contributed by atoms with van der Waals surface area (Å²) in [7, 11) is 1.60. The fourth-order valence-electron chi connectivity index (χ4n) is 4.41. The van der Waals surface area contributed by atoms with Gasteiger partial charge in [-0.3, -0.25) is 9.59 Å². The molecule has 0 unspecified atom stereocenters. The summed E-state index contributed by atoms with van der Waals surface area (Å²) in [5.74, 6) is 0.945. The van der Waals surface area contributed by atoms with Crippen LogP contribution in [0, 0.1) is 5.92 Å². The molecule has 166 valence electrons. The number of benzene rings is 1. The van der Waals surface area contributed by atoms with E-state index in [2.05, 4.69) is 24.1 Å². The average molecular weight is 418 g/mol. The van der Waals surface area contributed by atoms with Crippen LogP contribution in [0.1, 0.15) is 46.0 Å². The lowest BCUT2D eigenvalue weighted by molar-refractivity contribution is -0.129. The van der Waals surface area contributed by atoms with Crippen molar-refractivity contribution in [1.29, 1.82) is 0 Å². The highest BCUT2D eigenvalue weighted by Crippen LogP contribution is 2.32. The van der Waals surface area contributed by atoms with Crippen LogP contribution in [-0.2, 0) is 9.59 Å². The van der Waals surface area contributed by atoms with E-state index >= 15 is 0 Å². The maximum atomic E-state index is 12.8. The summed E-state index contributed by atoms with van der Waals surface area (Å²) in [5, 5.41) is 2.96. The molecular weight excluding hydrogens is 382 g/mol. The first-order valence-electron chi connectivity index (χ1n) is 11.2. The second kappa shape index (κ2) is 10.7. The highest BCUT2D eigenvalue weighted by atomic mass is 16.5. The van der Waals surface area contributed by atoms with E-state index in [9.17, 15) is 9.59 Å². The third-order valence-corrected chi connectivity index (χ3v) is 6.29. The number of likely N-dealkylation sites (N-methyl/N-ethyl adjacent to an activating group) is 1. The molecule has 1 saturated heterocycles. The van der Waals surface area contributed by atoms with E-state index in [-0.39, 0.29) is 17.7 Å². The zero-order valence-corrected chi connectivity index (χ0v) is 18.5. The van der Waals surface area contributed by atoms with Crippen LogP contribution in [-0.4, -0.2) is 67.6 Å². The summed E-state index contributed by atoms with van der Waals surface area (Å²) in [4.78, 5) is 29.4. The van der Waals surface area contributed by atoms with Gasteiger partial charge in [0.2, 0.25) is 11.8 Å². The summed E-state index contributed by atoms with van der Waals surface area (Å²) in [5.41, 5.74) is 0.658. The highest BCUT2D eigenvalue weighted by molar-refractivity contribution is 5.97. The van der Waals surface area contributed by atoms with Crippen LogP contribution in [0.25, 0.3) is 0 Å². The smallest absolute Gasteiger partial charge is 0.229 e. The van der Waals surface area contributed by atoms with E-state index in [1.54, 1.807) is 25.3 Å². The lowest BCUT2D eigenvalue weighted by Crippen LogP contribution is -2.35. The highest BCUT2D eigenvalue weighted by Gasteiger charge is 2.38. The van der Waals surface area contributed by atoms with E-state index in [0.717, 1.165) is 32.5 Å². The number of methoxy groups -OCH3 is 1. The molecule has 1 aliphatic heterocycles. The molecule has 7 nitrogen and oxygen atoms in total. The van der Waals surface area contributed by atoms with Crippen LogP contribution in [0.3, 0.4) is 0 Å². The van der Waals surface area contributed by atoms with Gasteiger partial charge in [-0.2, -0.15) is 0 Å². The minimum absolute atomic E-state index is 0.108. The predicted octanol–water partition coefficient (Wildman–Crippen LogP) is 3.15. The molecule has 1 N–H and O–H groups in total. The number of anilines is 1. The number of nitrogens with one attached hydrogen (secondary N) is 1. The summed E-state index contributed by atoms with van der Waals surface area (Å²) >= 11 is 0. The maximum Gasteiger partial charge on any atom is 0.229 e. The number of hydrogen-bond acceptors (Lipinski definition) is 5. The molecular formula is C23H35N3O4. The Morgan fingerprint density at radius 2 is 1.93 bits per heavy atom. The van der Waals surface area contributed by atoms with Crippen LogP contribution < -0.4 is 14.8 Å². The third-order valence-electron chi connectivity index (χ3n) is 6.29. The van der Waals surface area contributed by atoms with Crippen molar-refractivity contribution in [2.24, 2.45) is 5.92 Å². The van der Waals surface area contributed by atoms with Crippen molar-refractivity contribution in [2.45, 2.75) is 52.0 Å². The lowest BCUT2D eigenvalue weighted by Gasteiger charge is -2.24. The van der Waals surface area contributed by atoms with Gasteiger partial charge in [0.1, 0.15) is 6.61 Å². The van der Waals surface area contributed by atoms with E-state index in [0.29, 0.717) is 42.8 Å². The molecule has 0 aromatic heterocycles. The summed E-state index contributed by atoms with van der Waals surface area (Å²) in [6, 6.07) is 5.72. The molecule has 1 aromatic rings. The first-order valence-corrected chi connectivity index (χ1v) is 11.2. The van der Waals surface area contributed by atoms with E-state index < -0.39 is 0 Å². The third kappa shape index (κ3) is 5.45. The Hall–Kier alpha value is -2.28. The van der Waals surface area contributed by atoms with Gasteiger partial charge in [-0.05, 0) is 38.1 Å². The number of carbonyl (C=O) groups is 2. The topological polar surface area (TPSA) is 71.1 Å². The molecule has 1 atom stereocenters. The van der Waals surface area contributed by atoms with Gasteiger partial charge in [-0.15, -0.1) is 0 Å². The normalized spacial score (nSPS) is 19.5. The molecule has 1 aromatic carbocycles. The molecule has 1 aliphatic carbocycles. The summed E-state index contributed by atoms with van der Waals surface area (Å²) < 4.78 is 11.3. The number of nitrogens with zero attached hydrogens (tertiary/aromatic N) is 2. The van der Waals surface area contributed by atoms with Crippen molar-refractivity contribution >= 4 is 17.5 Å². The minimum Gasteiger partial charge on any atom is -0.493 e. The second-order valence-corrected chi connectivity index (χ2v) is 8.12. The van der Waals surface area contributed by atoms with Gasteiger partial charge in [0, 0.05) is 37.3 Å². The molecule has 2 fully saturated rings. The van der Waals surface area contributed by atoms with Crippen molar-refractivity contribution in [3.63, 3.8) is 0 Å². The lowest BCUT2D eigenvalue weighted by atomic mass is 10.1. The molecule has 3 rings (SSSR count). The summed E-state index contributed by atoms with van der Waals surface area (Å²) in [6.07, 6.45) is 4.77. The first-order chi connectivity index (χ1) is 14.5. The fourth-order valence-corrected chi connectivity index (χ4v) is 4.41. The van der Waals surface area contributed by atoms with Crippen molar-refractivity contribution in [1.82, 2.24) is 9.80 Å². The fraction of sp³-hybridized carbons (Fsp3) is 0.652. The molecule has 0 radical (unpaired) electrons. The van der Waals surface area contributed by atoms with E-state index in [1.807, 2.05) is 4.90 Å². The predicted molar refractivity (Wildman–Crippen MR) is 117 cm³/mol. The standard InChI is InChI=1S/C23H35N3O4/c1-4-25(5-2)12-13-30-21-15-18(10-11-20(21)29-3)24-23(28)17-14-22(27)26(16-17)19-8-6-7-9-19/h10-11,15,17,19H,4-9,12-14,16H2,1-3H3,(H,24,28)/t17-/m0/s1. The Labute approximate surface area is 179 Å². The second-order valence-electron chi connectivity index (χ2n) is 8.12. The van der Waals surface area contributed by atoms with Crippen LogP contribution in [0.4, 0.5) is 5.69 Å². The molecule has 2 aliphatic rings. The van der Waals surface area contributed by atoms with Gasteiger partial charge in [0.15, 0.2) is 11.5 Å². The van der Waals surface area contributed by atoms with Crippen LogP contribution in [0.15, 0.2) is 18.2 Å². The van der Waals surface area contributed by atoms with Crippen LogP contribution in [0.5, 0.6) is 11.5 Å². The van der Waals surface area contributed by atoms with Gasteiger partial charge >= 0.3 is 0 Å². The molecule has 2 amide bonds. The zero-order chi connectivity index (χ0) is 21.5. The van der Waals surface area contributed by atoms with E-state index in [4.69, 9.17) is 9.47 Å². The van der Waals surface area contributed by atoms with Gasteiger partial charge in [-0.1, -0.05) is 26.7 Å². The van der Waals surface area contributed by atoms with Gasteiger partial charge < -0.3 is 24.6 Å². The Morgan fingerprint density at radius 1 is 1.20 bits per heavy atom. The van der Waals surface area contributed by atoms with E-state index in [1.165, 1.54) is 12.8 Å². The largest absolute Gasteiger partial charge is 0.493 e. The van der Waals surface area contributed by atoms with Crippen LogP contribution >= 0.6 is 0 Å². The average Bonchev–Trinajstić information content (AvgIpc) is 3.41. The Bertz CT molecular complexity index is 729. The van der Waals surface area contributed by atoms with Gasteiger partial charge in [0.05, 0.1) is 13.0 Å². The van der Waals surface area contributed by atoms with Crippen molar-refractivity contribution in [3.05, 3.63) is 18.2 Å². The number of hydrogen-bond donors (Lipinski definition) is 1. The monoisotopic (exact) mass is 417 g/mol. The Balaban J connectivity index is 1.59. The van der Waals surface area contributed by atoms with Crippen molar-refractivity contribution in [3.8, 4) is 11.5 Å². The minimum atomic E-state index is -0.299. The van der Waals surface area contributed by atoms with Crippen molar-refractivity contribution in [2.75, 3.05) is 45.2 Å². The molecule has 0 spiro atoms. The van der Waals surface area contributed by atoms with Gasteiger partial charge in [0.25, 0.3) is 0 Å². The zero-order valence-electron chi connectivity index (χ0n) is 18.5. The van der Waals surface area contributed by atoms with Gasteiger partial charge in [-0.25, -0.2) is 0 Å². The molecule has 1 heterocycles. The molecule has 7 heteroatoms. The first kappa shape index (κ1) is 22.4.